The van der Waals surface area contributed by atoms with Crippen LogP contribution in [0, 0.1) is 13.8 Å². The molecule has 5 rings (SSSR count). The SMILES string of the molecule is Cc1c(COC2=CC=C(CNCCO)CC2)cccc1-c1cccc(-c2nc3ccc(CNCCO)cn3n2)c1C. The molecular weight excluding hydrogens is 514 g/mol. The topological polar surface area (TPSA) is 104 Å². The minimum atomic E-state index is 0.114. The van der Waals surface area contributed by atoms with Crippen LogP contribution in [0.5, 0.6) is 0 Å². The molecule has 1 aliphatic carbocycles. The van der Waals surface area contributed by atoms with E-state index < -0.39 is 0 Å². The number of nitrogens with one attached hydrogen (secondary N) is 2. The predicted molar refractivity (Wildman–Crippen MR) is 162 cm³/mol. The van der Waals surface area contributed by atoms with Crippen LogP contribution >= 0.6 is 0 Å². The molecular formula is C33H39N5O3. The summed E-state index contributed by atoms with van der Waals surface area (Å²) in [6.45, 7) is 7.73. The number of aliphatic hydroxyl groups excluding tert-OH is 2. The van der Waals surface area contributed by atoms with E-state index >= 15 is 0 Å². The fourth-order valence-corrected chi connectivity index (χ4v) is 5.18. The van der Waals surface area contributed by atoms with E-state index in [1.165, 1.54) is 22.3 Å². The number of ether oxygens (including phenoxy) is 1. The molecule has 4 aromatic rings. The number of fused-ring (bicyclic) bond motifs is 1. The second-order valence-electron chi connectivity index (χ2n) is 10.4. The van der Waals surface area contributed by atoms with E-state index in [-0.39, 0.29) is 13.2 Å². The third kappa shape index (κ3) is 6.92. The quantitative estimate of drug-likeness (QED) is 0.181. The third-order valence-electron chi connectivity index (χ3n) is 7.57. The highest BCUT2D eigenvalue weighted by atomic mass is 16.5. The average Bonchev–Trinajstić information content (AvgIpc) is 3.41. The van der Waals surface area contributed by atoms with Crippen LogP contribution in [0.4, 0.5) is 0 Å². The fourth-order valence-electron chi connectivity index (χ4n) is 5.18. The van der Waals surface area contributed by atoms with Crippen molar-refractivity contribution in [3.63, 3.8) is 0 Å². The summed E-state index contributed by atoms with van der Waals surface area (Å²) >= 11 is 0. The van der Waals surface area contributed by atoms with Gasteiger partial charge in [0.15, 0.2) is 11.5 Å². The smallest absolute Gasteiger partial charge is 0.182 e. The second kappa shape index (κ2) is 13.7. The van der Waals surface area contributed by atoms with Crippen LogP contribution in [0.2, 0.25) is 0 Å². The van der Waals surface area contributed by atoms with Crippen LogP contribution in [0.3, 0.4) is 0 Å². The van der Waals surface area contributed by atoms with Crippen LogP contribution in [0.1, 0.15) is 35.1 Å². The molecule has 0 bridgehead atoms. The van der Waals surface area contributed by atoms with Crippen molar-refractivity contribution in [3.05, 3.63) is 100 Å². The molecule has 8 heteroatoms. The first-order chi connectivity index (χ1) is 20.1. The van der Waals surface area contributed by atoms with Gasteiger partial charge in [0.25, 0.3) is 0 Å². The van der Waals surface area contributed by atoms with Crippen LogP contribution in [-0.2, 0) is 17.9 Å². The number of allylic oxidation sites excluding steroid dienone is 3. The fraction of sp³-hybridized carbons (Fsp3) is 0.333. The zero-order valence-electron chi connectivity index (χ0n) is 23.9. The summed E-state index contributed by atoms with van der Waals surface area (Å²) < 4.78 is 8.05. The zero-order chi connectivity index (χ0) is 28.6. The lowest BCUT2D eigenvalue weighted by Crippen LogP contribution is -2.21. The number of hydrogen-bond acceptors (Lipinski definition) is 7. The van der Waals surface area contributed by atoms with Gasteiger partial charge in [-0.2, -0.15) is 0 Å². The summed E-state index contributed by atoms with van der Waals surface area (Å²) in [5.74, 6) is 1.70. The molecule has 0 aliphatic heterocycles. The number of hydrogen-bond donors (Lipinski definition) is 4. The maximum atomic E-state index is 9.02. The van der Waals surface area contributed by atoms with E-state index in [0.717, 1.165) is 53.0 Å². The number of nitrogens with zero attached hydrogens (tertiary/aromatic N) is 3. The van der Waals surface area contributed by atoms with E-state index in [1.54, 1.807) is 0 Å². The third-order valence-corrected chi connectivity index (χ3v) is 7.57. The van der Waals surface area contributed by atoms with Gasteiger partial charge >= 0.3 is 0 Å². The molecule has 0 fully saturated rings. The molecule has 8 nitrogen and oxygen atoms in total. The van der Waals surface area contributed by atoms with Gasteiger partial charge in [0.1, 0.15) is 6.61 Å². The summed E-state index contributed by atoms with van der Waals surface area (Å²) in [5, 5.41) is 29.2. The van der Waals surface area contributed by atoms with Crippen molar-refractivity contribution >= 4 is 5.65 Å². The Balaban J connectivity index is 1.33. The van der Waals surface area contributed by atoms with Crippen molar-refractivity contribution in [1.82, 2.24) is 25.2 Å². The molecule has 0 saturated heterocycles. The molecule has 4 N–H and O–H groups in total. The Bertz CT molecular complexity index is 1560. The summed E-state index contributed by atoms with van der Waals surface area (Å²) in [4.78, 5) is 4.81. The van der Waals surface area contributed by atoms with E-state index in [9.17, 15) is 0 Å². The lowest BCUT2D eigenvalue weighted by Gasteiger charge is -2.18. The zero-order valence-corrected chi connectivity index (χ0v) is 23.9. The second-order valence-corrected chi connectivity index (χ2v) is 10.4. The van der Waals surface area contributed by atoms with E-state index in [2.05, 4.69) is 73.0 Å². The van der Waals surface area contributed by atoms with Crippen LogP contribution in [-0.4, -0.2) is 57.7 Å². The average molecular weight is 554 g/mol. The lowest BCUT2D eigenvalue weighted by molar-refractivity contribution is 0.187. The Labute approximate surface area is 241 Å². The molecule has 0 spiro atoms. The Morgan fingerprint density at radius 3 is 2.32 bits per heavy atom. The molecule has 1 aliphatic rings. The van der Waals surface area contributed by atoms with Crippen LogP contribution in [0.15, 0.2) is 78.2 Å². The molecule has 2 aromatic carbocycles. The molecule has 0 radical (unpaired) electrons. The molecule has 0 amide bonds. The Morgan fingerprint density at radius 1 is 0.829 bits per heavy atom. The van der Waals surface area contributed by atoms with Gasteiger partial charge in [-0.3, -0.25) is 0 Å². The number of benzene rings is 2. The standard InChI is InChI=1S/C33H39N5O3/c1-23-27(22-41-28-12-9-25(10-13-28)19-34-15-17-39)5-3-6-29(23)30-7-4-8-31(24(30)2)33-36-32-14-11-26(20-35-16-18-40)21-38(32)37-33/h3-9,11-12,14,21,34-35,39-40H,10,13,15-20,22H2,1-2H3. The van der Waals surface area contributed by atoms with Gasteiger partial charge in [-0.1, -0.05) is 54.1 Å². The van der Waals surface area contributed by atoms with Crippen molar-refractivity contribution in [1.29, 1.82) is 0 Å². The molecule has 0 atom stereocenters. The predicted octanol–water partition coefficient (Wildman–Crippen LogP) is 4.46. The Morgan fingerprint density at radius 2 is 1.56 bits per heavy atom. The molecule has 2 heterocycles. The number of pyridine rings is 1. The Kier molecular flexibility index (Phi) is 9.59. The molecule has 0 saturated carbocycles. The summed E-state index contributed by atoms with van der Waals surface area (Å²) in [6.07, 6.45) is 8.04. The maximum Gasteiger partial charge on any atom is 0.182 e. The molecule has 41 heavy (non-hydrogen) atoms. The Hall–Kier alpha value is -3.82. The highest BCUT2D eigenvalue weighted by Gasteiger charge is 2.16. The van der Waals surface area contributed by atoms with Crippen LogP contribution in [0.25, 0.3) is 28.2 Å². The molecule has 2 aromatic heterocycles. The normalized spacial score (nSPS) is 13.4. The van der Waals surface area contributed by atoms with E-state index in [1.807, 2.05) is 22.8 Å². The van der Waals surface area contributed by atoms with Crippen LogP contribution < -0.4 is 10.6 Å². The maximum absolute atomic E-state index is 9.02. The van der Waals surface area contributed by atoms with Gasteiger partial charge in [-0.05, 0) is 65.8 Å². The van der Waals surface area contributed by atoms with Crippen molar-refractivity contribution in [2.45, 2.75) is 39.8 Å². The van der Waals surface area contributed by atoms with Crippen molar-refractivity contribution in [3.8, 4) is 22.5 Å². The minimum absolute atomic E-state index is 0.114. The van der Waals surface area contributed by atoms with E-state index in [4.69, 9.17) is 25.0 Å². The van der Waals surface area contributed by atoms with Gasteiger partial charge < -0.3 is 25.6 Å². The number of rotatable bonds is 13. The van der Waals surface area contributed by atoms with Gasteiger partial charge in [0.2, 0.25) is 0 Å². The summed E-state index contributed by atoms with van der Waals surface area (Å²) in [7, 11) is 0. The molecule has 214 valence electrons. The first-order valence-corrected chi connectivity index (χ1v) is 14.3. The highest BCUT2D eigenvalue weighted by molar-refractivity contribution is 5.78. The largest absolute Gasteiger partial charge is 0.493 e. The van der Waals surface area contributed by atoms with Gasteiger partial charge in [0.05, 0.1) is 19.0 Å². The number of aromatic nitrogens is 3. The van der Waals surface area contributed by atoms with Gasteiger partial charge in [0, 0.05) is 44.4 Å². The van der Waals surface area contributed by atoms with Gasteiger partial charge in [-0.25, -0.2) is 9.50 Å². The lowest BCUT2D eigenvalue weighted by atomic mass is 9.91. The van der Waals surface area contributed by atoms with E-state index in [0.29, 0.717) is 32.1 Å². The highest BCUT2D eigenvalue weighted by Crippen LogP contribution is 2.34. The monoisotopic (exact) mass is 553 g/mol. The van der Waals surface area contributed by atoms with Crippen molar-refractivity contribution in [2.75, 3.05) is 32.8 Å². The number of aliphatic hydroxyl groups is 2. The van der Waals surface area contributed by atoms with Crippen molar-refractivity contribution < 1.29 is 14.9 Å². The summed E-state index contributed by atoms with van der Waals surface area (Å²) in [5.41, 5.74) is 10.1. The van der Waals surface area contributed by atoms with Crippen molar-refractivity contribution in [2.24, 2.45) is 0 Å². The first kappa shape index (κ1) is 28.7. The first-order valence-electron chi connectivity index (χ1n) is 14.3. The molecule has 0 unspecified atom stereocenters. The van der Waals surface area contributed by atoms with Gasteiger partial charge in [-0.15, -0.1) is 5.10 Å². The summed E-state index contributed by atoms with van der Waals surface area (Å²) in [6, 6.07) is 16.7. The minimum Gasteiger partial charge on any atom is -0.493 e.